The third-order valence-electron chi connectivity index (χ3n) is 2.43. The van der Waals surface area contributed by atoms with Gasteiger partial charge in [-0.3, -0.25) is 4.79 Å². The number of rotatable bonds is 3. The van der Waals surface area contributed by atoms with Crippen molar-refractivity contribution in [2.45, 2.75) is 33.7 Å². The molecule has 100 valence electrons. The summed E-state index contributed by atoms with van der Waals surface area (Å²) in [5.41, 5.74) is 0.142. The predicted octanol–water partition coefficient (Wildman–Crippen LogP) is 1.30. The van der Waals surface area contributed by atoms with Gasteiger partial charge in [-0.25, -0.2) is 4.79 Å². The Labute approximate surface area is 106 Å². The molecule has 6 heteroatoms. The number of hydrogen-bond acceptors (Lipinski definition) is 5. The maximum absolute atomic E-state index is 11.9. The fraction of sp³-hybridized carbons (Fsp3) is 0.583. The monoisotopic (exact) mass is 254 g/mol. The zero-order valence-corrected chi connectivity index (χ0v) is 11.2. The molecule has 0 saturated heterocycles. The fourth-order valence-corrected chi connectivity index (χ4v) is 1.42. The molecule has 0 unspecified atom stereocenters. The van der Waals surface area contributed by atoms with Crippen LogP contribution < -0.4 is 5.32 Å². The van der Waals surface area contributed by atoms with Crippen LogP contribution in [0.4, 0.5) is 0 Å². The molecule has 1 amide bonds. The molecule has 0 fully saturated rings. The Morgan fingerprint density at radius 1 is 1.44 bits per heavy atom. The normalized spacial score (nSPS) is 12.9. The van der Waals surface area contributed by atoms with Crippen molar-refractivity contribution in [3.8, 4) is 0 Å². The summed E-state index contributed by atoms with van der Waals surface area (Å²) in [5, 5.41) is 6.21. The van der Waals surface area contributed by atoms with Crippen molar-refractivity contribution >= 4 is 11.9 Å². The van der Waals surface area contributed by atoms with Gasteiger partial charge in [-0.1, -0.05) is 25.9 Å². The molecule has 0 radical (unpaired) electrons. The molecule has 1 aromatic rings. The van der Waals surface area contributed by atoms with Crippen LogP contribution in [0, 0.1) is 12.3 Å². The summed E-state index contributed by atoms with van der Waals surface area (Å²) >= 11 is 0. The minimum atomic E-state index is -0.750. The molecular formula is C12H18N2O4. The molecule has 1 atom stereocenters. The van der Waals surface area contributed by atoms with E-state index < -0.39 is 23.3 Å². The average molecular weight is 254 g/mol. The highest BCUT2D eigenvalue weighted by Crippen LogP contribution is 2.20. The van der Waals surface area contributed by atoms with E-state index in [4.69, 9.17) is 4.52 Å². The third-order valence-corrected chi connectivity index (χ3v) is 2.43. The van der Waals surface area contributed by atoms with Gasteiger partial charge in [0.05, 0.1) is 12.8 Å². The zero-order chi connectivity index (χ0) is 13.9. The van der Waals surface area contributed by atoms with Crippen LogP contribution in [0.2, 0.25) is 0 Å². The molecule has 1 N–H and O–H groups in total. The molecule has 6 nitrogen and oxygen atoms in total. The molecule has 0 aliphatic carbocycles. The van der Waals surface area contributed by atoms with Crippen LogP contribution in [0.15, 0.2) is 10.6 Å². The SMILES string of the molecule is COC(=O)[C@@H](NC(=O)c1cc(C)no1)C(C)(C)C. The van der Waals surface area contributed by atoms with Crippen molar-refractivity contribution in [1.29, 1.82) is 0 Å². The Hall–Kier alpha value is -1.85. The van der Waals surface area contributed by atoms with E-state index in [0.717, 1.165) is 0 Å². The second-order valence-electron chi connectivity index (χ2n) is 5.13. The number of carbonyl (C=O) groups excluding carboxylic acids is 2. The Kier molecular flexibility index (Phi) is 4.11. The van der Waals surface area contributed by atoms with Gasteiger partial charge in [-0.05, 0) is 12.3 Å². The number of methoxy groups -OCH3 is 1. The number of nitrogens with zero attached hydrogens (tertiary/aromatic N) is 1. The van der Waals surface area contributed by atoms with Gasteiger partial charge in [0.15, 0.2) is 0 Å². The first-order chi connectivity index (χ1) is 8.25. The molecule has 0 spiro atoms. The second-order valence-corrected chi connectivity index (χ2v) is 5.13. The van der Waals surface area contributed by atoms with Crippen molar-refractivity contribution < 1.29 is 18.8 Å². The van der Waals surface area contributed by atoms with Crippen LogP contribution in [-0.4, -0.2) is 30.2 Å². The summed E-state index contributed by atoms with van der Waals surface area (Å²) in [5.74, 6) is -0.904. The molecular weight excluding hydrogens is 236 g/mol. The van der Waals surface area contributed by atoms with Crippen LogP contribution >= 0.6 is 0 Å². The quantitative estimate of drug-likeness (QED) is 0.822. The Balaban J connectivity index is 2.85. The summed E-state index contributed by atoms with van der Waals surface area (Å²) in [7, 11) is 1.28. The third kappa shape index (κ3) is 3.32. The van der Waals surface area contributed by atoms with Crippen molar-refractivity contribution in [3.63, 3.8) is 0 Å². The summed E-state index contributed by atoms with van der Waals surface area (Å²) in [6.07, 6.45) is 0. The number of amides is 1. The largest absolute Gasteiger partial charge is 0.467 e. The summed E-state index contributed by atoms with van der Waals surface area (Å²) < 4.78 is 9.52. The van der Waals surface area contributed by atoms with E-state index >= 15 is 0 Å². The lowest BCUT2D eigenvalue weighted by molar-refractivity contribution is -0.145. The molecule has 1 heterocycles. The minimum Gasteiger partial charge on any atom is -0.467 e. The molecule has 0 aliphatic heterocycles. The number of ether oxygens (including phenoxy) is 1. The first kappa shape index (κ1) is 14.2. The minimum absolute atomic E-state index is 0.0747. The van der Waals surface area contributed by atoms with Crippen LogP contribution in [0.25, 0.3) is 0 Å². The van der Waals surface area contributed by atoms with Gasteiger partial charge in [-0.2, -0.15) is 0 Å². The van der Waals surface area contributed by atoms with E-state index in [0.29, 0.717) is 5.69 Å². The number of carbonyl (C=O) groups is 2. The van der Waals surface area contributed by atoms with Crippen LogP contribution in [0.1, 0.15) is 37.0 Å². The number of aromatic nitrogens is 1. The average Bonchev–Trinajstić information content (AvgIpc) is 2.70. The maximum atomic E-state index is 11.9. The van der Waals surface area contributed by atoms with Gasteiger partial charge in [0, 0.05) is 6.07 Å². The smallest absolute Gasteiger partial charge is 0.328 e. The van der Waals surface area contributed by atoms with E-state index in [-0.39, 0.29) is 5.76 Å². The van der Waals surface area contributed by atoms with Gasteiger partial charge >= 0.3 is 5.97 Å². The zero-order valence-electron chi connectivity index (χ0n) is 11.2. The van der Waals surface area contributed by atoms with Crippen LogP contribution in [0.3, 0.4) is 0 Å². The number of nitrogens with one attached hydrogen (secondary N) is 1. The fourth-order valence-electron chi connectivity index (χ4n) is 1.42. The predicted molar refractivity (Wildman–Crippen MR) is 64.0 cm³/mol. The number of hydrogen-bond donors (Lipinski definition) is 1. The highest BCUT2D eigenvalue weighted by Gasteiger charge is 2.34. The highest BCUT2D eigenvalue weighted by molar-refractivity contribution is 5.94. The summed E-state index contributed by atoms with van der Waals surface area (Å²) in [6, 6.07) is 0.757. The number of aryl methyl sites for hydroxylation is 1. The van der Waals surface area contributed by atoms with Gasteiger partial charge in [0.2, 0.25) is 5.76 Å². The van der Waals surface area contributed by atoms with E-state index in [1.54, 1.807) is 6.92 Å². The molecule has 0 aromatic carbocycles. The lowest BCUT2D eigenvalue weighted by Crippen LogP contribution is -2.49. The van der Waals surface area contributed by atoms with Gasteiger partial charge < -0.3 is 14.6 Å². The summed E-state index contributed by atoms with van der Waals surface area (Å²) in [4.78, 5) is 23.5. The standard InChI is InChI=1S/C12H18N2O4/c1-7-6-8(18-14-7)10(15)13-9(11(16)17-5)12(2,3)4/h6,9H,1-5H3,(H,13,15)/t9-/m1/s1. The second kappa shape index (κ2) is 5.20. The van der Waals surface area contributed by atoms with Crippen molar-refractivity contribution in [3.05, 3.63) is 17.5 Å². The molecule has 0 saturated carbocycles. The van der Waals surface area contributed by atoms with Crippen molar-refractivity contribution in [2.24, 2.45) is 5.41 Å². The van der Waals surface area contributed by atoms with Crippen molar-refractivity contribution in [1.82, 2.24) is 10.5 Å². The van der Waals surface area contributed by atoms with E-state index in [1.807, 2.05) is 20.8 Å². The molecule has 0 aliphatic rings. The highest BCUT2D eigenvalue weighted by atomic mass is 16.5. The Morgan fingerprint density at radius 2 is 2.06 bits per heavy atom. The van der Waals surface area contributed by atoms with Crippen molar-refractivity contribution in [2.75, 3.05) is 7.11 Å². The van der Waals surface area contributed by atoms with Crippen LogP contribution in [0.5, 0.6) is 0 Å². The van der Waals surface area contributed by atoms with E-state index in [1.165, 1.54) is 13.2 Å². The van der Waals surface area contributed by atoms with Gasteiger partial charge in [0.1, 0.15) is 6.04 Å². The molecule has 1 rings (SSSR count). The Bertz CT molecular complexity index is 445. The molecule has 0 bridgehead atoms. The topological polar surface area (TPSA) is 81.4 Å². The van der Waals surface area contributed by atoms with Gasteiger partial charge in [0.25, 0.3) is 5.91 Å². The molecule has 18 heavy (non-hydrogen) atoms. The lowest BCUT2D eigenvalue weighted by Gasteiger charge is -2.28. The maximum Gasteiger partial charge on any atom is 0.328 e. The first-order valence-electron chi connectivity index (χ1n) is 5.57. The molecule has 1 aromatic heterocycles. The van der Waals surface area contributed by atoms with Crippen LogP contribution in [-0.2, 0) is 9.53 Å². The van der Waals surface area contributed by atoms with E-state index in [2.05, 4.69) is 15.2 Å². The Morgan fingerprint density at radius 3 is 2.44 bits per heavy atom. The first-order valence-corrected chi connectivity index (χ1v) is 5.57. The lowest BCUT2D eigenvalue weighted by atomic mass is 9.86. The number of esters is 1. The van der Waals surface area contributed by atoms with E-state index in [9.17, 15) is 9.59 Å². The summed E-state index contributed by atoms with van der Waals surface area (Å²) in [6.45, 7) is 7.21. The van der Waals surface area contributed by atoms with Gasteiger partial charge in [-0.15, -0.1) is 0 Å².